The quantitative estimate of drug-likeness (QED) is 0.489. The number of nitrogens with zero attached hydrogens (tertiary/aromatic N) is 4. The van der Waals surface area contributed by atoms with Crippen molar-refractivity contribution < 1.29 is 4.79 Å². The van der Waals surface area contributed by atoms with Gasteiger partial charge < -0.3 is 5.32 Å². The fourth-order valence-electron chi connectivity index (χ4n) is 3.57. The lowest BCUT2D eigenvalue weighted by molar-refractivity contribution is 0.112. The highest BCUT2D eigenvalue weighted by Crippen LogP contribution is 2.23. The Morgan fingerprint density at radius 1 is 0.968 bits per heavy atom. The average molecular weight is 417 g/mol. The maximum Gasteiger partial charge on any atom is 0.332 e. The van der Waals surface area contributed by atoms with Crippen molar-refractivity contribution >= 4 is 23.0 Å². The Morgan fingerprint density at radius 3 is 2.35 bits per heavy atom. The molecule has 0 aliphatic carbocycles. The van der Waals surface area contributed by atoms with Crippen LogP contribution in [0, 0.1) is 0 Å². The number of aldehydes is 1. The number of anilines is 1. The van der Waals surface area contributed by atoms with E-state index in [4.69, 9.17) is 0 Å². The van der Waals surface area contributed by atoms with Gasteiger partial charge in [-0.05, 0) is 23.8 Å². The highest BCUT2D eigenvalue weighted by atomic mass is 16.2. The number of benzene rings is 1. The molecule has 3 aromatic heterocycles. The number of nitrogens with one attached hydrogen (secondary N) is 1. The Balaban J connectivity index is 2.14. The fourth-order valence-corrected chi connectivity index (χ4v) is 3.57. The molecule has 0 unspecified atom stereocenters. The maximum atomic E-state index is 13.4. The van der Waals surface area contributed by atoms with Crippen LogP contribution in [0.5, 0.6) is 0 Å². The van der Waals surface area contributed by atoms with Gasteiger partial charge in [-0.15, -0.1) is 0 Å². The van der Waals surface area contributed by atoms with E-state index in [0.717, 1.165) is 10.1 Å². The first-order chi connectivity index (χ1) is 15.0. The summed E-state index contributed by atoms with van der Waals surface area (Å²) >= 11 is 0. The molecule has 4 rings (SSSR count). The van der Waals surface area contributed by atoms with Gasteiger partial charge in [-0.25, -0.2) is 4.79 Å². The molecule has 3 heterocycles. The van der Waals surface area contributed by atoms with Gasteiger partial charge in [-0.1, -0.05) is 24.3 Å². The number of aryl methyl sites for hydroxylation is 1. The molecule has 31 heavy (non-hydrogen) atoms. The van der Waals surface area contributed by atoms with Gasteiger partial charge in [0.1, 0.15) is 16.6 Å². The van der Waals surface area contributed by atoms with E-state index in [0.29, 0.717) is 12.0 Å². The van der Waals surface area contributed by atoms with Crippen LogP contribution in [0.4, 0.5) is 5.69 Å². The Kier molecular flexibility index (Phi) is 5.08. The van der Waals surface area contributed by atoms with Crippen LogP contribution in [0.1, 0.15) is 15.9 Å². The van der Waals surface area contributed by atoms with Crippen molar-refractivity contribution in [3.05, 3.63) is 97.2 Å². The molecule has 1 aromatic carbocycles. The summed E-state index contributed by atoms with van der Waals surface area (Å²) < 4.78 is 3.40. The smallest absolute Gasteiger partial charge is 0.332 e. The zero-order valence-corrected chi connectivity index (χ0v) is 16.9. The number of rotatable bonds is 5. The van der Waals surface area contributed by atoms with Crippen LogP contribution in [0.2, 0.25) is 0 Å². The van der Waals surface area contributed by atoms with Crippen LogP contribution in [-0.4, -0.2) is 25.0 Å². The summed E-state index contributed by atoms with van der Waals surface area (Å²) in [5.41, 5.74) is -0.616. The summed E-state index contributed by atoms with van der Waals surface area (Å²) in [6.07, 6.45) is 3.69. The predicted octanol–water partition coefficient (Wildman–Crippen LogP) is 1.21. The van der Waals surface area contributed by atoms with Crippen LogP contribution in [0.25, 0.3) is 16.7 Å². The number of hydrogen-bond donors (Lipinski definition) is 1. The highest BCUT2D eigenvalue weighted by Gasteiger charge is 2.23. The SMILES string of the molecule is Cn1c(=O)c2c(NCc3cccnc3)c(C=O)c(=O)n(-c3ccccc3)c2n(C)c1=O. The van der Waals surface area contributed by atoms with Crippen LogP contribution >= 0.6 is 0 Å². The Morgan fingerprint density at radius 2 is 1.71 bits per heavy atom. The number of carbonyl (C=O) groups is 1. The minimum absolute atomic E-state index is 0.0686. The van der Waals surface area contributed by atoms with E-state index in [2.05, 4.69) is 10.3 Å². The van der Waals surface area contributed by atoms with Crippen molar-refractivity contribution in [2.75, 3.05) is 5.32 Å². The molecule has 0 amide bonds. The van der Waals surface area contributed by atoms with Gasteiger partial charge in [0.15, 0.2) is 6.29 Å². The van der Waals surface area contributed by atoms with Crippen molar-refractivity contribution in [2.45, 2.75) is 6.54 Å². The van der Waals surface area contributed by atoms with E-state index in [1.54, 1.807) is 48.8 Å². The molecule has 156 valence electrons. The third-order valence-electron chi connectivity index (χ3n) is 5.12. The van der Waals surface area contributed by atoms with Gasteiger partial charge in [0.25, 0.3) is 11.1 Å². The van der Waals surface area contributed by atoms with Crippen molar-refractivity contribution in [3.8, 4) is 5.69 Å². The normalized spacial score (nSPS) is 10.9. The van der Waals surface area contributed by atoms with Gasteiger partial charge in [0, 0.05) is 33.0 Å². The molecule has 0 saturated carbocycles. The number of carbonyl (C=O) groups excluding carboxylic acids is 1. The summed E-state index contributed by atoms with van der Waals surface area (Å²) in [5, 5.41) is 3.11. The number of hydrogen-bond acceptors (Lipinski definition) is 6. The first-order valence-corrected chi connectivity index (χ1v) is 9.47. The van der Waals surface area contributed by atoms with Crippen LogP contribution in [-0.2, 0) is 20.6 Å². The highest BCUT2D eigenvalue weighted by molar-refractivity contribution is 5.99. The fraction of sp³-hybridized carbons (Fsp3) is 0.136. The van der Waals surface area contributed by atoms with Crippen LogP contribution in [0.3, 0.4) is 0 Å². The summed E-state index contributed by atoms with van der Waals surface area (Å²) in [6, 6.07) is 12.1. The van der Waals surface area contributed by atoms with E-state index in [1.165, 1.54) is 23.2 Å². The standard InChI is InChI=1S/C22H19N5O4/c1-25-19-17(21(30)26(2)22(25)31)18(24-12-14-7-6-10-23-11-14)16(13-28)20(29)27(19)15-8-4-3-5-9-15/h3-11,13,24H,12H2,1-2H3. The third-order valence-corrected chi connectivity index (χ3v) is 5.12. The Labute approximate surface area is 175 Å². The second-order valence-corrected chi connectivity index (χ2v) is 7.00. The molecule has 9 nitrogen and oxygen atoms in total. The second-order valence-electron chi connectivity index (χ2n) is 7.00. The molecule has 0 spiro atoms. The zero-order chi connectivity index (χ0) is 22.1. The molecule has 9 heteroatoms. The number of pyridine rings is 2. The number of aromatic nitrogens is 4. The Bertz CT molecular complexity index is 1470. The molecule has 0 aliphatic rings. The second kappa shape index (κ2) is 7.86. The summed E-state index contributed by atoms with van der Waals surface area (Å²) in [5.74, 6) is 0. The van der Waals surface area contributed by atoms with Gasteiger partial charge in [0.2, 0.25) is 0 Å². The summed E-state index contributed by atoms with van der Waals surface area (Å²) in [6.45, 7) is 0.227. The van der Waals surface area contributed by atoms with Crippen molar-refractivity contribution in [3.63, 3.8) is 0 Å². The molecule has 4 aromatic rings. The molecule has 0 saturated heterocycles. The van der Waals surface area contributed by atoms with Crippen molar-refractivity contribution in [1.82, 2.24) is 18.7 Å². The van der Waals surface area contributed by atoms with Gasteiger partial charge in [0.05, 0.1) is 11.4 Å². The lowest BCUT2D eigenvalue weighted by Crippen LogP contribution is -2.40. The minimum Gasteiger partial charge on any atom is -0.379 e. The van der Waals surface area contributed by atoms with Gasteiger partial charge in [-0.3, -0.25) is 33.1 Å². The van der Waals surface area contributed by atoms with Gasteiger partial charge >= 0.3 is 5.69 Å². The predicted molar refractivity (Wildman–Crippen MR) is 117 cm³/mol. The lowest BCUT2D eigenvalue weighted by atomic mass is 10.1. The molecular weight excluding hydrogens is 398 g/mol. The van der Waals surface area contributed by atoms with E-state index in [9.17, 15) is 19.2 Å². The molecule has 0 atom stereocenters. The van der Waals surface area contributed by atoms with Crippen molar-refractivity contribution in [2.24, 2.45) is 14.1 Å². The van der Waals surface area contributed by atoms with E-state index in [-0.39, 0.29) is 28.8 Å². The molecule has 0 radical (unpaired) electrons. The van der Waals surface area contributed by atoms with Gasteiger partial charge in [-0.2, -0.15) is 0 Å². The largest absolute Gasteiger partial charge is 0.379 e. The molecule has 0 aliphatic heterocycles. The lowest BCUT2D eigenvalue weighted by Gasteiger charge is -2.19. The van der Waals surface area contributed by atoms with Crippen LogP contribution in [0.15, 0.2) is 69.2 Å². The number of fused-ring (bicyclic) bond motifs is 1. The third kappa shape index (κ3) is 3.25. The first kappa shape index (κ1) is 20.0. The first-order valence-electron chi connectivity index (χ1n) is 9.47. The molecular formula is C22H19N5O4. The minimum atomic E-state index is -0.634. The number of para-hydroxylation sites is 1. The van der Waals surface area contributed by atoms with E-state index < -0.39 is 16.8 Å². The van der Waals surface area contributed by atoms with E-state index in [1.807, 2.05) is 6.07 Å². The topological polar surface area (TPSA) is 108 Å². The average Bonchev–Trinajstić information content (AvgIpc) is 2.80. The van der Waals surface area contributed by atoms with Crippen LogP contribution < -0.4 is 22.1 Å². The maximum absolute atomic E-state index is 13.4. The van der Waals surface area contributed by atoms with Crippen molar-refractivity contribution in [1.29, 1.82) is 0 Å². The molecule has 0 bridgehead atoms. The molecule has 1 N–H and O–H groups in total. The summed E-state index contributed by atoms with van der Waals surface area (Å²) in [4.78, 5) is 55.2. The molecule has 0 fully saturated rings. The Hall–Kier alpha value is -4.27. The summed E-state index contributed by atoms with van der Waals surface area (Å²) in [7, 11) is 2.84. The van der Waals surface area contributed by atoms with E-state index >= 15 is 0 Å². The zero-order valence-electron chi connectivity index (χ0n) is 16.9. The monoisotopic (exact) mass is 417 g/mol.